The fraction of sp³-hybridized carbons (Fsp3) is 0.333. The first-order valence-electron chi connectivity index (χ1n) is 4.01. The van der Waals surface area contributed by atoms with Crippen molar-refractivity contribution in [2.24, 2.45) is 5.14 Å². The van der Waals surface area contributed by atoms with E-state index in [9.17, 15) is 14.0 Å². The Labute approximate surface area is 85.1 Å². The van der Waals surface area contributed by atoms with Crippen LogP contribution in [0.5, 0.6) is 0 Å². The summed E-state index contributed by atoms with van der Waals surface area (Å²) < 4.78 is 24.2. The third-order valence-corrected chi connectivity index (χ3v) is 2.55. The van der Waals surface area contributed by atoms with E-state index in [0.717, 1.165) is 6.07 Å². The Kier molecular flexibility index (Phi) is 3.16. The molecule has 0 aliphatic carbocycles. The van der Waals surface area contributed by atoms with Crippen LogP contribution < -0.4 is 5.14 Å². The van der Waals surface area contributed by atoms with E-state index in [0.29, 0.717) is 0 Å². The molecule has 0 radical (unpaired) electrons. The summed E-state index contributed by atoms with van der Waals surface area (Å²) in [4.78, 5) is 0.204. The number of hydrogen-bond donors (Lipinski definition) is 2. The van der Waals surface area contributed by atoms with Gasteiger partial charge in [0.2, 0.25) is 0 Å². The summed E-state index contributed by atoms with van der Waals surface area (Å²) in [6.07, 6.45) is 0. The largest absolute Gasteiger partial charge is 0.593 e. The van der Waals surface area contributed by atoms with E-state index in [2.05, 4.69) is 0 Å². The summed E-state index contributed by atoms with van der Waals surface area (Å²) in [7, 11) is 0. The predicted molar refractivity (Wildman–Crippen MR) is 52.2 cm³/mol. The van der Waals surface area contributed by atoms with Gasteiger partial charge in [0.15, 0.2) is 4.90 Å². The van der Waals surface area contributed by atoms with Crippen molar-refractivity contribution >= 4 is 11.4 Å². The summed E-state index contributed by atoms with van der Waals surface area (Å²) in [5.74, 6) is -0.603. The summed E-state index contributed by atoms with van der Waals surface area (Å²) in [6.45, 7) is 2.95. The molecule has 0 saturated heterocycles. The van der Waals surface area contributed by atoms with Gasteiger partial charge in [-0.3, -0.25) is 0 Å². The monoisotopic (exact) mass is 217 g/mol. The quantitative estimate of drug-likeness (QED) is 0.727. The maximum atomic E-state index is 13.4. The second kappa shape index (κ2) is 3.86. The lowest BCUT2D eigenvalue weighted by atomic mass is 9.98. The number of rotatable bonds is 2. The molecule has 0 fully saturated rings. The van der Waals surface area contributed by atoms with Crippen LogP contribution in [0.25, 0.3) is 0 Å². The van der Waals surface area contributed by atoms with Gasteiger partial charge in [-0.25, -0.2) is 4.39 Å². The zero-order valence-corrected chi connectivity index (χ0v) is 8.77. The molecule has 1 aromatic rings. The molecule has 1 atom stereocenters. The summed E-state index contributed by atoms with van der Waals surface area (Å²) in [5, 5.41) is 14.6. The third kappa shape index (κ3) is 2.45. The lowest BCUT2D eigenvalue weighted by Gasteiger charge is -2.18. The van der Waals surface area contributed by atoms with Gasteiger partial charge in [0.25, 0.3) is 0 Å². The number of nitrogens with two attached hydrogens (primary N) is 1. The highest BCUT2D eigenvalue weighted by Crippen LogP contribution is 2.24. The smallest absolute Gasteiger partial charge is 0.176 e. The van der Waals surface area contributed by atoms with E-state index in [-0.39, 0.29) is 10.5 Å². The Morgan fingerprint density at radius 1 is 1.50 bits per heavy atom. The highest BCUT2D eigenvalue weighted by molar-refractivity contribution is 7.89. The van der Waals surface area contributed by atoms with Crippen LogP contribution in [0.2, 0.25) is 0 Å². The second-order valence-electron chi connectivity index (χ2n) is 3.50. The van der Waals surface area contributed by atoms with Crippen LogP contribution in [0, 0.1) is 5.82 Å². The summed E-state index contributed by atoms with van der Waals surface area (Å²) >= 11 is -1.70. The minimum Gasteiger partial charge on any atom is -0.593 e. The van der Waals surface area contributed by atoms with Crippen molar-refractivity contribution in [1.82, 2.24) is 0 Å². The van der Waals surface area contributed by atoms with Crippen molar-refractivity contribution in [2.75, 3.05) is 0 Å². The molecule has 0 amide bonds. The Morgan fingerprint density at radius 3 is 2.43 bits per heavy atom. The van der Waals surface area contributed by atoms with E-state index in [1.165, 1.54) is 26.0 Å². The van der Waals surface area contributed by atoms with Gasteiger partial charge in [-0.15, -0.1) is 5.14 Å². The summed E-state index contributed by atoms with van der Waals surface area (Å²) in [6, 6.07) is 3.89. The van der Waals surface area contributed by atoms with Crippen molar-refractivity contribution in [3.8, 4) is 0 Å². The predicted octanol–water partition coefficient (Wildman–Crippen LogP) is 1.03. The molecule has 0 aromatic heterocycles. The molecule has 0 aliphatic heterocycles. The fourth-order valence-electron chi connectivity index (χ4n) is 1.12. The maximum Gasteiger partial charge on any atom is 0.176 e. The Balaban J connectivity index is 3.15. The molecular formula is C9H12FNO2S. The molecule has 3 nitrogen and oxygen atoms in total. The SMILES string of the molecule is CC(C)(O)c1ccc([S+](N)[O-])cc1F. The zero-order chi connectivity index (χ0) is 10.9. The van der Waals surface area contributed by atoms with Crippen molar-refractivity contribution in [1.29, 1.82) is 0 Å². The molecule has 0 spiro atoms. The van der Waals surface area contributed by atoms with Gasteiger partial charge in [0.1, 0.15) is 5.82 Å². The number of aliphatic hydroxyl groups is 1. The first kappa shape index (κ1) is 11.5. The highest BCUT2D eigenvalue weighted by atomic mass is 32.2. The molecule has 1 aromatic carbocycles. The standard InChI is InChI=1S/C9H12FNO2S/c1-9(2,12)7-4-3-6(14(11)13)5-8(7)10/h3-5,12H,11H2,1-2H3. The van der Waals surface area contributed by atoms with Gasteiger partial charge in [0.05, 0.1) is 17.0 Å². The average molecular weight is 217 g/mol. The average Bonchev–Trinajstić information content (AvgIpc) is 2.01. The third-order valence-electron chi connectivity index (χ3n) is 1.83. The Hall–Kier alpha value is -0.620. The zero-order valence-electron chi connectivity index (χ0n) is 7.95. The van der Waals surface area contributed by atoms with Crippen LogP contribution in [-0.2, 0) is 17.0 Å². The molecule has 0 bridgehead atoms. The minimum absolute atomic E-state index is 0.159. The van der Waals surface area contributed by atoms with Crippen molar-refractivity contribution in [3.63, 3.8) is 0 Å². The van der Waals surface area contributed by atoms with Gasteiger partial charge in [-0.05, 0) is 26.0 Å². The number of benzene rings is 1. The molecule has 1 unspecified atom stereocenters. The van der Waals surface area contributed by atoms with Crippen LogP contribution in [0.3, 0.4) is 0 Å². The van der Waals surface area contributed by atoms with E-state index in [1.54, 1.807) is 0 Å². The fourth-order valence-corrected chi connectivity index (χ4v) is 1.54. The molecule has 0 aliphatic rings. The van der Waals surface area contributed by atoms with Crippen molar-refractivity contribution in [3.05, 3.63) is 29.6 Å². The van der Waals surface area contributed by atoms with Gasteiger partial charge < -0.3 is 9.66 Å². The van der Waals surface area contributed by atoms with Crippen LogP contribution in [-0.4, -0.2) is 9.66 Å². The highest BCUT2D eigenvalue weighted by Gasteiger charge is 2.22. The van der Waals surface area contributed by atoms with Gasteiger partial charge in [0, 0.05) is 11.6 Å². The number of halogens is 1. The lowest BCUT2D eigenvalue weighted by Crippen LogP contribution is -2.19. The van der Waals surface area contributed by atoms with E-state index >= 15 is 0 Å². The molecule has 5 heteroatoms. The van der Waals surface area contributed by atoms with Gasteiger partial charge >= 0.3 is 0 Å². The van der Waals surface area contributed by atoms with E-state index in [4.69, 9.17) is 5.14 Å². The van der Waals surface area contributed by atoms with Crippen LogP contribution in [0.1, 0.15) is 19.4 Å². The number of hydrogen-bond acceptors (Lipinski definition) is 3. The van der Waals surface area contributed by atoms with E-state index < -0.39 is 22.8 Å². The first-order valence-corrected chi connectivity index (χ1v) is 5.22. The topological polar surface area (TPSA) is 69.3 Å². The normalized spacial score (nSPS) is 14.1. The van der Waals surface area contributed by atoms with Crippen LogP contribution in [0.15, 0.2) is 23.1 Å². The Bertz CT molecular complexity index is 336. The van der Waals surface area contributed by atoms with Crippen molar-refractivity contribution < 1.29 is 14.0 Å². The van der Waals surface area contributed by atoms with Crippen LogP contribution in [0.4, 0.5) is 4.39 Å². The summed E-state index contributed by atoms with van der Waals surface area (Å²) in [5.41, 5.74) is -1.09. The molecule has 3 N–H and O–H groups in total. The molecule has 0 heterocycles. The van der Waals surface area contributed by atoms with Crippen LogP contribution >= 0.6 is 0 Å². The molecular weight excluding hydrogens is 205 g/mol. The molecule has 78 valence electrons. The molecule has 14 heavy (non-hydrogen) atoms. The van der Waals surface area contributed by atoms with Crippen molar-refractivity contribution in [2.45, 2.75) is 24.3 Å². The second-order valence-corrected chi connectivity index (χ2v) is 4.56. The maximum absolute atomic E-state index is 13.4. The first-order chi connectivity index (χ1) is 6.32. The molecule has 0 saturated carbocycles. The molecule has 1 rings (SSSR count). The van der Waals surface area contributed by atoms with Gasteiger partial charge in [-0.1, -0.05) is 0 Å². The van der Waals surface area contributed by atoms with Gasteiger partial charge in [-0.2, -0.15) is 0 Å². The lowest BCUT2D eigenvalue weighted by molar-refractivity contribution is 0.0744. The Morgan fingerprint density at radius 2 is 2.07 bits per heavy atom. The minimum atomic E-state index is -1.70. The van der Waals surface area contributed by atoms with E-state index in [1.807, 2.05) is 0 Å².